The monoisotopic (exact) mass is 483 g/mol. The third-order valence-electron chi connectivity index (χ3n) is 6.14. The number of ether oxygens (including phenoxy) is 1. The highest BCUT2D eigenvalue weighted by molar-refractivity contribution is 6.03. The van der Waals surface area contributed by atoms with Gasteiger partial charge in [0.1, 0.15) is 5.75 Å². The van der Waals surface area contributed by atoms with Gasteiger partial charge in [-0.2, -0.15) is 5.10 Å². The van der Waals surface area contributed by atoms with Crippen molar-refractivity contribution in [1.29, 1.82) is 0 Å². The molecule has 9 nitrogen and oxygen atoms in total. The van der Waals surface area contributed by atoms with Crippen LogP contribution in [0, 0.1) is 0 Å². The summed E-state index contributed by atoms with van der Waals surface area (Å²) in [7, 11) is 1.61. The number of anilines is 1. The Kier molecular flexibility index (Phi) is 6.36. The van der Waals surface area contributed by atoms with Crippen LogP contribution in [0.1, 0.15) is 36.4 Å². The topological polar surface area (TPSA) is 120 Å². The predicted octanol–water partition coefficient (Wildman–Crippen LogP) is 3.96. The van der Waals surface area contributed by atoms with Gasteiger partial charge in [0.05, 0.1) is 29.9 Å². The number of carbonyl (C=O) groups excluding carboxylic acids is 2. The van der Waals surface area contributed by atoms with Crippen LogP contribution in [0.5, 0.6) is 5.75 Å². The Balaban J connectivity index is 1.29. The van der Waals surface area contributed by atoms with Gasteiger partial charge in [0.2, 0.25) is 11.8 Å². The minimum Gasteiger partial charge on any atom is -0.497 e. The van der Waals surface area contributed by atoms with E-state index < -0.39 is 0 Å². The fourth-order valence-corrected chi connectivity index (χ4v) is 4.30. The summed E-state index contributed by atoms with van der Waals surface area (Å²) in [5, 5.41) is 8.94. The molecule has 0 bridgehead atoms. The molecule has 182 valence electrons. The molecule has 36 heavy (non-hydrogen) atoms. The Morgan fingerprint density at radius 1 is 1.00 bits per heavy atom. The number of hydrazone groups is 1. The van der Waals surface area contributed by atoms with Crippen LogP contribution in [0.25, 0.3) is 11.0 Å². The van der Waals surface area contributed by atoms with Crippen LogP contribution >= 0.6 is 0 Å². The number of H-pyrrole nitrogens is 2. The average molecular weight is 484 g/mol. The summed E-state index contributed by atoms with van der Waals surface area (Å²) in [6, 6.07) is 22.2. The van der Waals surface area contributed by atoms with Crippen molar-refractivity contribution < 1.29 is 14.3 Å². The number of imidazole rings is 1. The molecule has 1 aliphatic rings. The van der Waals surface area contributed by atoms with E-state index >= 15 is 0 Å². The van der Waals surface area contributed by atoms with Crippen LogP contribution in [0.3, 0.4) is 0 Å². The lowest BCUT2D eigenvalue weighted by molar-refractivity contribution is -0.134. The van der Waals surface area contributed by atoms with E-state index in [4.69, 9.17) is 4.74 Å². The summed E-state index contributed by atoms with van der Waals surface area (Å²) in [6.07, 6.45) is 0.582. The number of benzene rings is 3. The van der Waals surface area contributed by atoms with E-state index in [9.17, 15) is 14.4 Å². The summed E-state index contributed by atoms with van der Waals surface area (Å²) < 4.78 is 5.26. The highest BCUT2D eigenvalue weighted by atomic mass is 16.5. The number of carbonyl (C=O) groups is 2. The standard InChI is InChI=1S/C27H25N5O4/c1-36-20-10-7-18(8-11-20)24-16-22(17-5-3-2-4-6-17)31-32(24)26(34)14-13-25(33)28-19-9-12-21-23(15-19)30-27(35)29-21/h2-12,15,24H,13-14,16H2,1H3,(H,28,33)(H2,29,30,35)/t24-/m1/s1. The zero-order valence-electron chi connectivity index (χ0n) is 19.7. The van der Waals surface area contributed by atoms with Gasteiger partial charge in [0.25, 0.3) is 0 Å². The van der Waals surface area contributed by atoms with Crippen molar-refractivity contribution in [3.63, 3.8) is 0 Å². The molecular formula is C27H25N5O4. The second-order valence-electron chi connectivity index (χ2n) is 8.53. The number of hydrogen-bond acceptors (Lipinski definition) is 5. The number of aromatic nitrogens is 2. The molecule has 0 saturated heterocycles. The molecule has 9 heteroatoms. The third kappa shape index (κ3) is 4.90. The minimum atomic E-state index is -0.313. The van der Waals surface area contributed by atoms with Gasteiger partial charge in [-0.3, -0.25) is 9.59 Å². The van der Waals surface area contributed by atoms with E-state index in [-0.39, 0.29) is 36.4 Å². The number of nitrogens with one attached hydrogen (secondary N) is 3. The molecule has 0 saturated carbocycles. The number of hydrogen-bond donors (Lipinski definition) is 3. The fourth-order valence-electron chi connectivity index (χ4n) is 4.30. The molecule has 0 aliphatic carbocycles. The molecule has 0 radical (unpaired) electrons. The molecule has 3 aromatic carbocycles. The quantitative estimate of drug-likeness (QED) is 0.369. The van der Waals surface area contributed by atoms with Gasteiger partial charge in [-0.25, -0.2) is 9.80 Å². The predicted molar refractivity (Wildman–Crippen MR) is 137 cm³/mol. The Morgan fingerprint density at radius 3 is 2.50 bits per heavy atom. The minimum absolute atomic E-state index is 0.00253. The summed E-state index contributed by atoms with van der Waals surface area (Å²) in [4.78, 5) is 42.6. The molecule has 2 amide bonds. The van der Waals surface area contributed by atoms with Crippen molar-refractivity contribution in [2.75, 3.05) is 12.4 Å². The SMILES string of the molecule is COc1ccc([C@H]2CC(c3ccccc3)=NN2C(=O)CCC(=O)Nc2ccc3[nH]c(=O)[nH]c3c2)cc1. The Bertz CT molecular complexity index is 1490. The second kappa shape index (κ2) is 9.91. The van der Waals surface area contributed by atoms with Crippen molar-refractivity contribution in [3.8, 4) is 5.75 Å². The molecule has 3 N–H and O–H groups in total. The van der Waals surface area contributed by atoms with Gasteiger partial charge in [-0.1, -0.05) is 42.5 Å². The number of aromatic amines is 2. The summed E-state index contributed by atoms with van der Waals surface area (Å²) in [5.74, 6) is 0.202. The van der Waals surface area contributed by atoms with E-state index in [0.29, 0.717) is 23.1 Å². The number of methoxy groups -OCH3 is 1. The van der Waals surface area contributed by atoms with Crippen LogP contribution in [0.15, 0.2) is 82.7 Å². The van der Waals surface area contributed by atoms with Crippen molar-refractivity contribution in [3.05, 3.63) is 94.4 Å². The average Bonchev–Trinajstić information content (AvgIpc) is 3.51. The Labute approximate surface area is 206 Å². The molecule has 0 fully saturated rings. The molecule has 2 heterocycles. The van der Waals surface area contributed by atoms with Crippen LogP contribution in [0.2, 0.25) is 0 Å². The largest absolute Gasteiger partial charge is 0.497 e. The van der Waals surface area contributed by atoms with Crippen LogP contribution in [0.4, 0.5) is 5.69 Å². The van der Waals surface area contributed by atoms with E-state index in [2.05, 4.69) is 20.4 Å². The summed E-state index contributed by atoms with van der Waals surface area (Å²) >= 11 is 0. The number of nitrogens with zero attached hydrogens (tertiary/aromatic N) is 2. The van der Waals surface area contributed by atoms with Gasteiger partial charge >= 0.3 is 5.69 Å². The first-order valence-electron chi connectivity index (χ1n) is 11.6. The first-order chi connectivity index (χ1) is 17.5. The first kappa shape index (κ1) is 23.1. The molecular weight excluding hydrogens is 458 g/mol. The van der Waals surface area contributed by atoms with Crippen LogP contribution in [-0.2, 0) is 9.59 Å². The Morgan fingerprint density at radius 2 is 1.75 bits per heavy atom. The highest BCUT2D eigenvalue weighted by Crippen LogP contribution is 2.34. The molecule has 1 aromatic heterocycles. The maximum Gasteiger partial charge on any atom is 0.323 e. The van der Waals surface area contributed by atoms with Crippen molar-refractivity contribution in [2.45, 2.75) is 25.3 Å². The molecule has 1 atom stereocenters. The number of rotatable bonds is 7. The van der Waals surface area contributed by atoms with Gasteiger partial charge < -0.3 is 20.0 Å². The van der Waals surface area contributed by atoms with Gasteiger partial charge in [-0.05, 0) is 41.5 Å². The third-order valence-corrected chi connectivity index (χ3v) is 6.14. The lowest BCUT2D eigenvalue weighted by Crippen LogP contribution is -2.28. The smallest absolute Gasteiger partial charge is 0.323 e. The maximum atomic E-state index is 13.2. The number of amides is 2. The van der Waals surface area contributed by atoms with Crippen molar-refractivity contribution in [1.82, 2.24) is 15.0 Å². The molecule has 0 spiro atoms. The van der Waals surface area contributed by atoms with Crippen molar-refractivity contribution >= 4 is 34.2 Å². The highest BCUT2D eigenvalue weighted by Gasteiger charge is 2.33. The van der Waals surface area contributed by atoms with Gasteiger partial charge in [0.15, 0.2) is 0 Å². The lowest BCUT2D eigenvalue weighted by atomic mass is 9.98. The van der Waals surface area contributed by atoms with Crippen LogP contribution < -0.4 is 15.7 Å². The zero-order chi connectivity index (χ0) is 25.1. The Hall–Kier alpha value is -4.66. The van der Waals surface area contributed by atoms with E-state index in [1.54, 1.807) is 25.3 Å². The summed E-state index contributed by atoms with van der Waals surface area (Å²) in [6.45, 7) is 0. The normalized spacial score (nSPS) is 15.1. The number of fused-ring (bicyclic) bond motifs is 1. The second-order valence-corrected chi connectivity index (χ2v) is 8.53. The zero-order valence-corrected chi connectivity index (χ0v) is 19.7. The fraction of sp³-hybridized carbons (Fsp3) is 0.185. The molecule has 1 aliphatic heterocycles. The van der Waals surface area contributed by atoms with E-state index in [1.807, 2.05) is 54.6 Å². The van der Waals surface area contributed by atoms with Gasteiger partial charge in [-0.15, -0.1) is 0 Å². The lowest BCUT2D eigenvalue weighted by Gasteiger charge is -2.22. The summed E-state index contributed by atoms with van der Waals surface area (Å²) in [5.41, 5.74) is 4.20. The van der Waals surface area contributed by atoms with E-state index in [1.165, 1.54) is 5.01 Å². The molecule has 5 rings (SSSR count). The van der Waals surface area contributed by atoms with Crippen LogP contribution in [-0.4, -0.2) is 39.6 Å². The van der Waals surface area contributed by atoms with Gasteiger partial charge in [0, 0.05) is 24.9 Å². The van der Waals surface area contributed by atoms with Crippen molar-refractivity contribution in [2.24, 2.45) is 5.10 Å². The molecule has 0 unspecified atom stereocenters. The van der Waals surface area contributed by atoms with E-state index in [0.717, 1.165) is 22.6 Å². The maximum absolute atomic E-state index is 13.2. The first-order valence-corrected chi connectivity index (χ1v) is 11.6. The molecule has 4 aromatic rings.